The standard InChI is InChI=1S/C15H6Cl2N4O2/c16-10-5-7(6-18-15(10)17)21-12-11(19-20-21)13(22)8-3-1-2-4-9(8)14(12)23/h1-6H. The zero-order chi connectivity index (χ0) is 16.1. The van der Waals surface area contributed by atoms with Crippen molar-refractivity contribution in [2.24, 2.45) is 0 Å². The van der Waals surface area contributed by atoms with Crippen molar-refractivity contribution >= 4 is 34.8 Å². The van der Waals surface area contributed by atoms with Gasteiger partial charge in [-0.3, -0.25) is 9.59 Å². The Kier molecular flexibility index (Phi) is 3.04. The Morgan fingerprint density at radius 2 is 1.70 bits per heavy atom. The van der Waals surface area contributed by atoms with Crippen LogP contribution in [0.1, 0.15) is 32.1 Å². The Labute approximate surface area is 139 Å². The molecule has 112 valence electrons. The first-order chi connectivity index (χ1) is 11.1. The molecule has 8 heteroatoms. The molecule has 0 saturated heterocycles. The lowest BCUT2D eigenvalue weighted by Gasteiger charge is -2.14. The summed E-state index contributed by atoms with van der Waals surface area (Å²) >= 11 is 11.7. The number of nitrogens with zero attached hydrogens (tertiary/aromatic N) is 4. The van der Waals surface area contributed by atoms with Crippen LogP contribution in [0, 0.1) is 0 Å². The lowest BCUT2D eigenvalue weighted by molar-refractivity contribution is 0.0972. The second-order valence-electron chi connectivity index (χ2n) is 4.87. The van der Waals surface area contributed by atoms with Gasteiger partial charge < -0.3 is 0 Å². The lowest BCUT2D eigenvalue weighted by Crippen LogP contribution is -2.23. The molecular formula is C15H6Cl2N4O2. The second-order valence-corrected chi connectivity index (χ2v) is 5.63. The summed E-state index contributed by atoms with van der Waals surface area (Å²) in [4.78, 5) is 29.1. The average molecular weight is 345 g/mol. The first-order valence-electron chi connectivity index (χ1n) is 6.53. The molecule has 0 spiro atoms. The van der Waals surface area contributed by atoms with E-state index < -0.39 is 0 Å². The van der Waals surface area contributed by atoms with Gasteiger partial charge in [-0.2, -0.15) is 0 Å². The molecule has 0 atom stereocenters. The first kappa shape index (κ1) is 14.0. The minimum Gasteiger partial charge on any atom is -0.287 e. The number of halogens is 2. The Morgan fingerprint density at radius 1 is 1.00 bits per heavy atom. The molecule has 0 unspecified atom stereocenters. The summed E-state index contributed by atoms with van der Waals surface area (Å²) < 4.78 is 1.25. The van der Waals surface area contributed by atoms with Gasteiger partial charge in [0.25, 0.3) is 0 Å². The molecule has 0 saturated carbocycles. The molecule has 1 aliphatic carbocycles. The van der Waals surface area contributed by atoms with Crippen LogP contribution in [-0.2, 0) is 0 Å². The highest BCUT2D eigenvalue weighted by Crippen LogP contribution is 2.28. The van der Waals surface area contributed by atoms with Gasteiger partial charge in [-0.1, -0.05) is 52.7 Å². The van der Waals surface area contributed by atoms with Crippen LogP contribution in [0.4, 0.5) is 0 Å². The summed E-state index contributed by atoms with van der Waals surface area (Å²) in [6, 6.07) is 8.09. The van der Waals surface area contributed by atoms with Crippen molar-refractivity contribution in [3.8, 4) is 5.69 Å². The van der Waals surface area contributed by atoms with Crippen LogP contribution in [0.15, 0.2) is 36.5 Å². The van der Waals surface area contributed by atoms with E-state index in [9.17, 15) is 9.59 Å². The molecule has 6 nitrogen and oxygen atoms in total. The number of fused-ring (bicyclic) bond motifs is 2. The summed E-state index contributed by atoms with van der Waals surface area (Å²) in [7, 11) is 0. The normalized spacial score (nSPS) is 13.0. The van der Waals surface area contributed by atoms with E-state index in [0.717, 1.165) is 0 Å². The molecule has 2 aromatic heterocycles. The Morgan fingerprint density at radius 3 is 2.39 bits per heavy atom. The lowest BCUT2D eigenvalue weighted by atomic mass is 9.90. The van der Waals surface area contributed by atoms with Crippen molar-refractivity contribution < 1.29 is 9.59 Å². The van der Waals surface area contributed by atoms with Crippen LogP contribution in [0.5, 0.6) is 0 Å². The number of benzene rings is 1. The van der Waals surface area contributed by atoms with E-state index in [2.05, 4.69) is 15.3 Å². The maximum absolute atomic E-state index is 12.7. The highest BCUT2D eigenvalue weighted by atomic mass is 35.5. The van der Waals surface area contributed by atoms with Crippen LogP contribution < -0.4 is 0 Å². The zero-order valence-corrected chi connectivity index (χ0v) is 12.8. The topological polar surface area (TPSA) is 77.7 Å². The number of hydrogen-bond donors (Lipinski definition) is 0. The van der Waals surface area contributed by atoms with Gasteiger partial charge in [0.05, 0.1) is 16.9 Å². The SMILES string of the molecule is O=C1c2ccccc2C(=O)c2c1nnn2-c1cnc(Cl)c(Cl)c1. The highest BCUT2D eigenvalue weighted by molar-refractivity contribution is 6.41. The number of aromatic nitrogens is 4. The van der Waals surface area contributed by atoms with E-state index in [4.69, 9.17) is 23.2 Å². The van der Waals surface area contributed by atoms with Crippen molar-refractivity contribution in [3.63, 3.8) is 0 Å². The van der Waals surface area contributed by atoms with E-state index in [0.29, 0.717) is 16.8 Å². The van der Waals surface area contributed by atoms with Gasteiger partial charge in [0.15, 0.2) is 5.69 Å². The third-order valence-corrected chi connectivity index (χ3v) is 4.23. The molecule has 23 heavy (non-hydrogen) atoms. The molecule has 1 aliphatic rings. The molecule has 0 aliphatic heterocycles. The molecule has 0 bridgehead atoms. The van der Waals surface area contributed by atoms with Crippen molar-refractivity contribution in [2.75, 3.05) is 0 Å². The number of pyridine rings is 1. The molecule has 2 heterocycles. The molecular weight excluding hydrogens is 339 g/mol. The molecule has 3 aromatic rings. The maximum Gasteiger partial charge on any atom is 0.216 e. The maximum atomic E-state index is 12.7. The van der Waals surface area contributed by atoms with E-state index in [1.54, 1.807) is 24.3 Å². The average Bonchev–Trinajstić information content (AvgIpc) is 3.00. The van der Waals surface area contributed by atoms with Crippen molar-refractivity contribution in [1.82, 2.24) is 20.0 Å². The summed E-state index contributed by atoms with van der Waals surface area (Å²) in [5.41, 5.74) is 1.15. The van der Waals surface area contributed by atoms with Crippen molar-refractivity contribution in [2.45, 2.75) is 0 Å². The number of carbonyl (C=O) groups is 2. The first-order valence-corrected chi connectivity index (χ1v) is 7.29. The van der Waals surface area contributed by atoms with E-state index in [-0.39, 0.29) is 33.1 Å². The third-order valence-electron chi connectivity index (χ3n) is 3.54. The predicted molar refractivity (Wildman–Crippen MR) is 82.5 cm³/mol. The Bertz CT molecular complexity index is 997. The molecule has 1 aromatic carbocycles. The van der Waals surface area contributed by atoms with Gasteiger partial charge >= 0.3 is 0 Å². The monoisotopic (exact) mass is 344 g/mol. The fraction of sp³-hybridized carbons (Fsp3) is 0. The van der Waals surface area contributed by atoms with Gasteiger partial charge in [-0.05, 0) is 6.07 Å². The molecule has 0 amide bonds. The fourth-order valence-corrected chi connectivity index (χ4v) is 2.74. The zero-order valence-electron chi connectivity index (χ0n) is 11.3. The minimum absolute atomic E-state index is 0.0137. The third kappa shape index (κ3) is 1.99. The minimum atomic E-state index is -0.338. The van der Waals surface area contributed by atoms with Gasteiger partial charge in [0, 0.05) is 11.1 Å². The molecule has 0 fully saturated rings. The summed E-state index contributed by atoms with van der Waals surface area (Å²) in [6.07, 6.45) is 1.40. The summed E-state index contributed by atoms with van der Waals surface area (Å²) in [5.74, 6) is -0.666. The summed E-state index contributed by atoms with van der Waals surface area (Å²) in [5, 5.41) is 8.11. The van der Waals surface area contributed by atoms with Crippen molar-refractivity contribution in [1.29, 1.82) is 0 Å². The molecule has 4 rings (SSSR count). The van der Waals surface area contributed by atoms with Crippen LogP contribution in [0.2, 0.25) is 10.2 Å². The Balaban J connectivity index is 1.95. The van der Waals surface area contributed by atoms with Gasteiger partial charge in [0.1, 0.15) is 10.8 Å². The van der Waals surface area contributed by atoms with Crippen LogP contribution >= 0.6 is 23.2 Å². The van der Waals surface area contributed by atoms with Gasteiger partial charge in [-0.15, -0.1) is 5.10 Å². The van der Waals surface area contributed by atoms with Crippen molar-refractivity contribution in [3.05, 3.63) is 69.2 Å². The van der Waals surface area contributed by atoms with Gasteiger partial charge in [0.2, 0.25) is 11.6 Å². The fourth-order valence-electron chi connectivity index (χ4n) is 2.48. The molecule has 0 N–H and O–H groups in total. The predicted octanol–water partition coefficient (Wildman–Crippen LogP) is 2.74. The van der Waals surface area contributed by atoms with E-state index in [1.165, 1.54) is 16.9 Å². The second kappa shape index (κ2) is 4.97. The highest BCUT2D eigenvalue weighted by Gasteiger charge is 2.35. The van der Waals surface area contributed by atoms with Crippen LogP contribution in [-0.4, -0.2) is 31.5 Å². The quantitative estimate of drug-likeness (QED) is 0.496. The van der Waals surface area contributed by atoms with E-state index in [1.807, 2.05) is 0 Å². The van der Waals surface area contributed by atoms with Crippen LogP contribution in [0.25, 0.3) is 5.69 Å². The molecule has 0 radical (unpaired) electrons. The van der Waals surface area contributed by atoms with Gasteiger partial charge in [-0.25, -0.2) is 9.67 Å². The number of hydrogen-bond acceptors (Lipinski definition) is 5. The van der Waals surface area contributed by atoms with Crippen LogP contribution in [0.3, 0.4) is 0 Å². The number of carbonyl (C=O) groups excluding carboxylic acids is 2. The Hall–Kier alpha value is -2.57. The number of rotatable bonds is 1. The van der Waals surface area contributed by atoms with E-state index >= 15 is 0 Å². The smallest absolute Gasteiger partial charge is 0.216 e. The summed E-state index contributed by atoms with van der Waals surface area (Å²) in [6.45, 7) is 0. The largest absolute Gasteiger partial charge is 0.287 e. The number of ketones is 2.